The van der Waals surface area contributed by atoms with Gasteiger partial charge in [-0.05, 0) is 61.9 Å². The topological polar surface area (TPSA) is 70.6 Å². The number of carbonyl (C=O) groups excluding carboxylic acids is 2. The maximum Gasteiger partial charge on any atom is 0.257 e. The van der Waals surface area contributed by atoms with E-state index in [4.69, 9.17) is 16.6 Å². The lowest BCUT2D eigenvalue weighted by Gasteiger charge is -2.26. The first-order valence-electron chi connectivity index (χ1n) is 11.7. The fraction of sp³-hybridized carbons (Fsp3) is 0.250. The number of guanidine groups is 1. The first-order valence-corrected chi connectivity index (χ1v) is 12.1. The summed E-state index contributed by atoms with van der Waals surface area (Å²) in [6, 6.07) is 22.2. The van der Waals surface area contributed by atoms with Crippen molar-refractivity contribution in [2.24, 2.45) is 10.9 Å². The van der Waals surface area contributed by atoms with Crippen LogP contribution in [0.5, 0.6) is 0 Å². The van der Waals surface area contributed by atoms with Gasteiger partial charge in [-0.3, -0.25) is 14.9 Å². The van der Waals surface area contributed by atoms with Crippen LogP contribution in [0.1, 0.15) is 52.8 Å². The van der Waals surface area contributed by atoms with Crippen LogP contribution in [-0.2, 0) is 0 Å². The standard InChI is InChI=1S/C28H27ClFN3O2/c29-22-16-23(30)18-25(17-22)32-28(33-27(35)21-9-5-2-6-10-21)31-24-13-11-19(12-14-24)15-26(34)20-7-3-1-4-8-20/h1-10,16-19,24H,11-15H2,(H2,31,32,33,35). The van der Waals surface area contributed by atoms with Crippen molar-refractivity contribution in [3.8, 4) is 0 Å². The van der Waals surface area contributed by atoms with Crippen LogP contribution in [0.2, 0.25) is 5.02 Å². The molecular weight excluding hydrogens is 465 g/mol. The minimum Gasteiger partial charge on any atom is -0.326 e. The highest BCUT2D eigenvalue weighted by Gasteiger charge is 2.24. The summed E-state index contributed by atoms with van der Waals surface area (Å²) in [5, 5.41) is 6.07. The molecule has 5 nitrogen and oxygen atoms in total. The molecule has 0 saturated heterocycles. The van der Waals surface area contributed by atoms with Crippen LogP contribution in [0.25, 0.3) is 0 Å². The number of halogens is 2. The van der Waals surface area contributed by atoms with Crippen molar-refractivity contribution in [2.45, 2.75) is 38.1 Å². The highest BCUT2D eigenvalue weighted by Crippen LogP contribution is 2.30. The molecule has 0 heterocycles. The number of anilines is 1. The molecule has 0 radical (unpaired) electrons. The minimum atomic E-state index is -0.489. The van der Waals surface area contributed by atoms with Gasteiger partial charge in [-0.15, -0.1) is 0 Å². The predicted octanol–water partition coefficient (Wildman–Crippen LogP) is 6.51. The molecule has 0 atom stereocenters. The van der Waals surface area contributed by atoms with E-state index in [2.05, 4.69) is 10.6 Å². The Morgan fingerprint density at radius 3 is 2.14 bits per heavy atom. The van der Waals surface area contributed by atoms with E-state index in [-0.39, 0.29) is 28.7 Å². The number of ketones is 1. The third kappa shape index (κ3) is 7.23. The molecule has 1 aliphatic carbocycles. The van der Waals surface area contributed by atoms with E-state index in [9.17, 15) is 14.0 Å². The molecule has 0 bridgehead atoms. The van der Waals surface area contributed by atoms with Gasteiger partial charge in [-0.2, -0.15) is 0 Å². The van der Waals surface area contributed by atoms with E-state index in [0.29, 0.717) is 23.6 Å². The van der Waals surface area contributed by atoms with Gasteiger partial charge in [0, 0.05) is 28.3 Å². The Kier molecular flexibility index (Phi) is 8.27. The quantitative estimate of drug-likeness (QED) is 0.234. The highest BCUT2D eigenvalue weighted by atomic mass is 35.5. The predicted molar refractivity (Wildman–Crippen MR) is 138 cm³/mol. The molecule has 1 saturated carbocycles. The molecule has 1 amide bonds. The third-order valence-electron chi connectivity index (χ3n) is 6.09. The smallest absolute Gasteiger partial charge is 0.257 e. The van der Waals surface area contributed by atoms with E-state index in [1.54, 1.807) is 30.3 Å². The molecule has 4 rings (SSSR count). The van der Waals surface area contributed by atoms with Gasteiger partial charge < -0.3 is 5.32 Å². The Hall–Kier alpha value is -3.51. The number of Topliss-reactive ketones (excluding diaryl/α,β-unsaturated/α-hetero) is 1. The molecule has 3 aromatic rings. The normalized spacial score (nSPS) is 18.1. The molecule has 0 spiro atoms. The molecule has 2 N–H and O–H groups in total. The van der Waals surface area contributed by atoms with E-state index >= 15 is 0 Å². The van der Waals surface area contributed by atoms with Crippen LogP contribution in [-0.4, -0.2) is 23.7 Å². The van der Waals surface area contributed by atoms with Gasteiger partial charge >= 0.3 is 0 Å². The van der Waals surface area contributed by atoms with Crippen LogP contribution in [0.4, 0.5) is 10.1 Å². The zero-order valence-corrected chi connectivity index (χ0v) is 20.0. The lowest BCUT2D eigenvalue weighted by atomic mass is 9.82. The van der Waals surface area contributed by atoms with Gasteiger partial charge in [-0.1, -0.05) is 60.1 Å². The lowest BCUT2D eigenvalue weighted by Crippen LogP contribution is -2.37. The second-order valence-electron chi connectivity index (χ2n) is 8.75. The Morgan fingerprint density at radius 1 is 0.886 bits per heavy atom. The van der Waals surface area contributed by atoms with Crippen molar-refractivity contribution < 1.29 is 14.0 Å². The number of nitrogens with one attached hydrogen (secondary N) is 2. The molecule has 0 unspecified atom stereocenters. The number of benzene rings is 3. The Labute approximate surface area is 209 Å². The van der Waals surface area contributed by atoms with Crippen LogP contribution < -0.4 is 10.6 Å². The van der Waals surface area contributed by atoms with Gasteiger partial charge in [0.1, 0.15) is 5.82 Å². The van der Waals surface area contributed by atoms with Gasteiger partial charge in [0.2, 0.25) is 5.96 Å². The van der Waals surface area contributed by atoms with Crippen molar-refractivity contribution in [1.82, 2.24) is 5.32 Å². The number of nitrogens with zero attached hydrogens (tertiary/aromatic N) is 1. The largest absolute Gasteiger partial charge is 0.326 e. The molecule has 3 aromatic carbocycles. The van der Waals surface area contributed by atoms with E-state index < -0.39 is 5.82 Å². The number of carbonyl (C=O) groups is 2. The maximum absolute atomic E-state index is 13.9. The van der Waals surface area contributed by atoms with E-state index in [0.717, 1.165) is 31.2 Å². The Balaban J connectivity index is 1.43. The van der Waals surface area contributed by atoms with Crippen molar-refractivity contribution in [3.05, 3.63) is 101 Å². The molecule has 180 valence electrons. The maximum atomic E-state index is 13.9. The van der Waals surface area contributed by atoms with Gasteiger partial charge in [0.05, 0.1) is 6.04 Å². The minimum absolute atomic E-state index is 0.0271. The van der Waals surface area contributed by atoms with Crippen molar-refractivity contribution in [3.63, 3.8) is 0 Å². The van der Waals surface area contributed by atoms with E-state index in [1.165, 1.54) is 12.1 Å². The Morgan fingerprint density at radius 2 is 1.51 bits per heavy atom. The lowest BCUT2D eigenvalue weighted by molar-refractivity contribution is 0.0944. The van der Waals surface area contributed by atoms with Crippen molar-refractivity contribution >= 4 is 34.9 Å². The summed E-state index contributed by atoms with van der Waals surface area (Å²) >= 11 is 5.99. The summed E-state index contributed by atoms with van der Waals surface area (Å²) in [5.74, 6) is -0.0901. The number of rotatable bonds is 6. The molecular formula is C28H27ClFN3O2. The molecule has 0 aromatic heterocycles. The number of hydrogen-bond donors (Lipinski definition) is 2. The number of hydrogen-bond acceptors (Lipinski definition) is 3. The van der Waals surface area contributed by atoms with Crippen molar-refractivity contribution in [2.75, 3.05) is 5.32 Å². The number of aliphatic imine (C=N–C) groups is 1. The molecule has 1 fully saturated rings. The second-order valence-corrected chi connectivity index (χ2v) is 9.19. The van der Waals surface area contributed by atoms with Gasteiger partial charge in [0.15, 0.2) is 5.78 Å². The SMILES string of the molecule is O=C(CC1CCC(N=C(NC(=O)c2ccccc2)Nc2cc(F)cc(Cl)c2)CC1)c1ccccc1. The highest BCUT2D eigenvalue weighted by molar-refractivity contribution is 6.31. The monoisotopic (exact) mass is 491 g/mol. The first-order chi connectivity index (χ1) is 17.0. The van der Waals surface area contributed by atoms with Crippen molar-refractivity contribution in [1.29, 1.82) is 0 Å². The summed E-state index contributed by atoms with van der Waals surface area (Å²) in [4.78, 5) is 30.1. The summed E-state index contributed by atoms with van der Waals surface area (Å²) < 4.78 is 13.9. The van der Waals surface area contributed by atoms with Gasteiger partial charge in [-0.25, -0.2) is 9.38 Å². The molecule has 0 aliphatic heterocycles. The average molecular weight is 492 g/mol. The molecule has 1 aliphatic rings. The second kappa shape index (κ2) is 11.8. The van der Waals surface area contributed by atoms with Crippen LogP contribution in [0.15, 0.2) is 83.9 Å². The van der Waals surface area contributed by atoms with Crippen LogP contribution in [0, 0.1) is 11.7 Å². The van der Waals surface area contributed by atoms with E-state index in [1.807, 2.05) is 36.4 Å². The number of amides is 1. The van der Waals surface area contributed by atoms with Crippen LogP contribution >= 0.6 is 11.6 Å². The molecule has 35 heavy (non-hydrogen) atoms. The third-order valence-corrected chi connectivity index (χ3v) is 6.31. The summed E-state index contributed by atoms with van der Waals surface area (Å²) in [6.07, 6.45) is 3.86. The van der Waals surface area contributed by atoms with Gasteiger partial charge in [0.25, 0.3) is 5.91 Å². The summed E-state index contributed by atoms with van der Waals surface area (Å²) in [7, 11) is 0. The zero-order valence-electron chi connectivity index (χ0n) is 19.2. The Bertz CT molecular complexity index is 1170. The zero-order chi connectivity index (χ0) is 24.6. The summed E-state index contributed by atoms with van der Waals surface area (Å²) in [6.45, 7) is 0. The van der Waals surface area contributed by atoms with Crippen LogP contribution in [0.3, 0.4) is 0 Å². The summed E-state index contributed by atoms with van der Waals surface area (Å²) in [5.41, 5.74) is 1.63. The first kappa shape index (κ1) is 24.6. The molecule has 7 heteroatoms. The fourth-order valence-corrected chi connectivity index (χ4v) is 4.51. The fourth-order valence-electron chi connectivity index (χ4n) is 4.29. The average Bonchev–Trinajstić information content (AvgIpc) is 2.85.